The van der Waals surface area contributed by atoms with Crippen molar-refractivity contribution in [3.05, 3.63) is 0 Å². The van der Waals surface area contributed by atoms with Crippen molar-refractivity contribution < 1.29 is 4.79 Å². The molecular formula is C10H20N2OS. The molecule has 1 aliphatic carbocycles. The fraction of sp³-hybridized carbons (Fsp3) is 0.900. The number of hydrogen-bond acceptors (Lipinski definition) is 3. The summed E-state index contributed by atoms with van der Waals surface area (Å²) in [6.45, 7) is 2.60. The van der Waals surface area contributed by atoms with Gasteiger partial charge in [0.2, 0.25) is 5.91 Å². The van der Waals surface area contributed by atoms with Crippen molar-refractivity contribution in [1.29, 1.82) is 0 Å². The first-order valence-corrected chi connectivity index (χ1v) is 6.52. The summed E-state index contributed by atoms with van der Waals surface area (Å²) in [7, 11) is 0. The highest BCUT2D eigenvalue weighted by atomic mass is 32.2. The summed E-state index contributed by atoms with van der Waals surface area (Å²) in [5.74, 6) is 1.10. The van der Waals surface area contributed by atoms with Crippen LogP contribution in [0.5, 0.6) is 0 Å². The summed E-state index contributed by atoms with van der Waals surface area (Å²) in [5.41, 5.74) is 5.90. The largest absolute Gasteiger partial charge is 0.354 e. The van der Waals surface area contributed by atoms with Gasteiger partial charge < -0.3 is 11.1 Å². The third-order valence-corrected chi connectivity index (χ3v) is 3.66. The van der Waals surface area contributed by atoms with Crippen LogP contribution in [0.15, 0.2) is 0 Å². The molecule has 1 rings (SSSR count). The molecule has 4 heteroatoms. The summed E-state index contributed by atoms with van der Waals surface area (Å²) in [6, 6.07) is 0. The van der Waals surface area contributed by atoms with E-state index in [9.17, 15) is 4.79 Å². The molecule has 0 aliphatic heterocycles. The van der Waals surface area contributed by atoms with Gasteiger partial charge in [0.15, 0.2) is 0 Å². The molecule has 82 valence electrons. The van der Waals surface area contributed by atoms with Crippen molar-refractivity contribution in [1.82, 2.24) is 5.32 Å². The maximum Gasteiger partial charge on any atom is 0.223 e. The van der Waals surface area contributed by atoms with Crippen LogP contribution in [-0.2, 0) is 4.79 Å². The molecular weight excluding hydrogens is 196 g/mol. The molecule has 3 nitrogen and oxygen atoms in total. The molecule has 1 unspecified atom stereocenters. The maximum atomic E-state index is 11.5. The van der Waals surface area contributed by atoms with Crippen molar-refractivity contribution in [2.24, 2.45) is 11.7 Å². The first-order valence-electron chi connectivity index (χ1n) is 5.13. The standard InChI is InChI=1S/C10H20N2OS/c1-8(6-14-2)9(13)12-7-10(11)4-3-5-10/h8H,3-7,11H2,1-2H3,(H,12,13). The van der Waals surface area contributed by atoms with Crippen molar-refractivity contribution in [3.63, 3.8) is 0 Å². The van der Waals surface area contributed by atoms with Crippen LogP contribution in [0.25, 0.3) is 0 Å². The highest BCUT2D eigenvalue weighted by molar-refractivity contribution is 7.98. The van der Waals surface area contributed by atoms with E-state index in [1.807, 2.05) is 13.2 Å². The zero-order valence-electron chi connectivity index (χ0n) is 9.01. The Balaban J connectivity index is 2.20. The van der Waals surface area contributed by atoms with Gasteiger partial charge in [-0.05, 0) is 25.5 Å². The minimum Gasteiger partial charge on any atom is -0.354 e. The first kappa shape index (κ1) is 11.9. The van der Waals surface area contributed by atoms with Crippen LogP contribution in [0, 0.1) is 5.92 Å². The highest BCUT2D eigenvalue weighted by Crippen LogP contribution is 2.28. The molecule has 0 aromatic rings. The average molecular weight is 216 g/mol. The second-order valence-corrected chi connectivity index (χ2v) is 5.20. The van der Waals surface area contributed by atoms with Crippen molar-refractivity contribution in [3.8, 4) is 0 Å². The lowest BCUT2D eigenvalue weighted by atomic mass is 9.78. The van der Waals surface area contributed by atoms with Crippen molar-refractivity contribution in [2.75, 3.05) is 18.6 Å². The second kappa shape index (κ2) is 5.03. The van der Waals surface area contributed by atoms with E-state index in [0.717, 1.165) is 18.6 Å². The van der Waals surface area contributed by atoms with Crippen LogP contribution in [0.2, 0.25) is 0 Å². The number of hydrogen-bond donors (Lipinski definition) is 2. The van der Waals surface area contributed by atoms with Crippen LogP contribution in [-0.4, -0.2) is 30.0 Å². The number of nitrogens with two attached hydrogens (primary N) is 1. The zero-order chi connectivity index (χ0) is 10.6. The van der Waals surface area contributed by atoms with E-state index in [-0.39, 0.29) is 17.4 Å². The maximum absolute atomic E-state index is 11.5. The van der Waals surface area contributed by atoms with Gasteiger partial charge in [-0.15, -0.1) is 0 Å². The molecule has 0 radical (unpaired) electrons. The third kappa shape index (κ3) is 3.17. The summed E-state index contributed by atoms with van der Waals surface area (Å²) in [6.07, 6.45) is 5.31. The van der Waals surface area contributed by atoms with Gasteiger partial charge >= 0.3 is 0 Å². The van der Waals surface area contributed by atoms with Gasteiger partial charge in [-0.25, -0.2) is 0 Å². The summed E-state index contributed by atoms with van der Waals surface area (Å²) in [4.78, 5) is 11.5. The predicted octanol–water partition coefficient (Wildman–Crippen LogP) is 0.983. The van der Waals surface area contributed by atoms with E-state index in [4.69, 9.17) is 5.73 Å². The highest BCUT2D eigenvalue weighted by Gasteiger charge is 2.32. The number of rotatable bonds is 5. The molecule has 1 aliphatic rings. The SMILES string of the molecule is CSCC(C)C(=O)NCC1(N)CCC1. The normalized spacial score (nSPS) is 21.1. The molecule has 1 amide bonds. The molecule has 0 heterocycles. The molecule has 3 N–H and O–H groups in total. The summed E-state index contributed by atoms with van der Waals surface area (Å²) in [5, 5.41) is 2.93. The van der Waals surface area contributed by atoms with Crippen LogP contribution in [0.4, 0.5) is 0 Å². The Kier molecular flexibility index (Phi) is 4.26. The van der Waals surface area contributed by atoms with E-state index >= 15 is 0 Å². The number of carbonyl (C=O) groups excluding carboxylic acids is 1. The molecule has 0 aromatic heterocycles. The van der Waals surface area contributed by atoms with Crippen molar-refractivity contribution >= 4 is 17.7 Å². The molecule has 0 aromatic carbocycles. The van der Waals surface area contributed by atoms with Gasteiger partial charge in [-0.1, -0.05) is 6.92 Å². The quantitative estimate of drug-likeness (QED) is 0.720. The first-order chi connectivity index (χ1) is 6.57. The van der Waals surface area contributed by atoms with Crippen LogP contribution < -0.4 is 11.1 Å². The average Bonchev–Trinajstić information content (AvgIpc) is 2.11. The minimum absolute atomic E-state index is 0.0914. The van der Waals surface area contributed by atoms with Gasteiger partial charge in [0.05, 0.1) is 0 Å². The van der Waals surface area contributed by atoms with Gasteiger partial charge in [-0.2, -0.15) is 11.8 Å². The Labute approximate surface area is 90.2 Å². The van der Waals surface area contributed by atoms with E-state index in [0.29, 0.717) is 6.54 Å². The predicted molar refractivity (Wildman–Crippen MR) is 61.3 cm³/mol. The molecule has 0 bridgehead atoms. The molecule has 1 fully saturated rings. The fourth-order valence-electron chi connectivity index (χ4n) is 1.57. The topological polar surface area (TPSA) is 55.1 Å². The molecule has 0 spiro atoms. The Hall–Kier alpha value is -0.220. The van der Waals surface area contributed by atoms with E-state index in [1.54, 1.807) is 11.8 Å². The monoisotopic (exact) mass is 216 g/mol. The van der Waals surface area contributed by atoms with E-state index in [1.165, 1.54) is 6.42 Å². The lowest BCUT2D eigenvalue weighted by Crippen LogP contribution is -2.55. The number of nitrogens with one attached hydrogen (secondary N) is 1. The molecule has 14 heavy (non-hydrogen) atoms. The third-order valence-electron chi connectivity index (χ3n) is 2.83. The zero-order valence-corrected chi connectivity index (χ0v) is 9.82. The second-order valence-electron chi connectivity index (χ2n) is 4.29. The number of carbonyl (C=O) groups is 1. The lowest BCUT2D eigenvalue weighted by molar-refractivity contribution is -0.124. The van der Waals surface area contributed by atoms with Gasteiger partial charge in [-0.3, -0.25) is 4.79 Å². The number of thioether (sulfide) groups is 1. The van der Waals surface area contributed by atoms with Gasteiger partial charge in [0.1, 0.15) is 0 Å². The Bertz CT molecular complexity index is 204. The Morgan fingerprint density at radius 2 is 2.29 bits per heavy atom. The van der Waals surface area contributed by atoms with Crippen LogP contribution in [0.3, 0.4) is 0 Å². The Morgan fingerprint density at radius 1 is 1.64 bits per heavy atom. The molecule has 0 saturated heterocycles. The van der Waals surface area contributed by atoms with Gasteiger partial charge in [0, 0.05) is 23.8 Å². The fourth-order valence-corrected chi connectivity index (χ4v) is 2.22. The minimum atomic E-state index is -0.102. The smallest absolute Gasteiger partial charge is 0.223 e. The Morgan fingerprint density at radius 3 is 2.71 bits per heavy atom. The molecule has 1 atom stereocenters. The molecule has 1 saturated carbocycles. The summed E-state index contributed by atoms with van der Waals surface area (Å²) < 4.78 is 0. The van der Waals surface area contributed by atoms with Gasteiger partial charge in [0.25, 0.3) is 0 Å². The van der Waals surface area contributed by atoms with E-state index in [2.05, 4.69) is 5.32 Å². The van der Waals surface area contributed by atoms with Crippen LogP contribution >= 0.6 is 11.8 Å². The van der Waals surface area contributed by atoms with Crippen LogP contribution in [0.1, 0.15) is 26.2 Å². The summed E-state index contributed by atoms with van der Waals surface area (Å²) >= 11 is 1.70. The van der Waals surface area contributed by atoms with E-state index < -0.39 is 0 Å². The lowest BCUT2D eigenvalue weighted by Gasteiger charge is -2.38. The number of amides is 1. The van der Waals surface area contributed by atoms with Crippen molar-refractivity contribution in [2.45, 2.75) is 31.7 Å².